The molecule has 3 rings (SSSR count). The minimum absolute atomic E-state index is 0.441. The summed E-state index contributed by atoms with van der Waals surface area (Å²) in [6, 6.07) is 9.14. The Bertz CT molecular complexity index is 685. The summed E-state index contributed by atoms with van der Waals surface area (Å²) in [5.74, 6) is 1.51. The summed E-state index contributed by atoms with van der Waals surface area (Å²) < 4.78 is 11.1. The molecule has 1 heterocycles. The largest absolute Gasteiger partial charge is 0.496 e. The van der Waals surface area contributed by atoms with Gasteiger partial charge in [-0.3, -0.25) is 0 Å². The van der Waals surface area contributed by atoms with Gasteiger partial charge >= 0.3 is 0 Å². The van der Waals surface area contributed by atoms with Crippen LogP contribution in [-0.2, 0) is 6.42 Å². The van der Waals surface area contributed by atoms with Gasteiger partial charge in [0, 0.05) is 27.6 Å². The van der Waals surface area contributed by atoms with E-state index in [0.717, 1.165) is 28.9 Å². The molecule has 0 saturated heterocycles. The Morgan fingerprint density at radius 3 is 2.62 bits per heavy atom. The van der Waals surface area contributed by atoms with Gasteiger partial charge in [0.05, 0.1) is 19.1 Å². The number of fused-ring (bicyclic) bond motifs is 1. The quantitative estimate of drug-likeness (QED) is 0.707. The predicted molar refractivity (Wildman–Crippen MR) is 86.4 cm³/mol. The SMILES string of the molecule is COc1ccc(Cl)cc1C(Cl)c1cc(Cl)cc2c1OCC2. The van der Waals surface area contributed by atoms with Crippen LogP contribution in [0.2, 0.25) is 10.0 Å². The second-order valence-electron chi connectivity index (χ2n) is 4.83. The second kappa shape index (κ2) is 5.96. The topological polar surface area (TPSA) is 18.5 Å². The molecular formula is C16H13Cl3O2. The number of hydrogen-bond donors (Lipinski definition) is 0. The Kier molecular flexibility index (Phi) is 4.21. The molecule has 1 atom stereocenters. The maximum atomic E-state index is 6.67. The van der Waals surface area contributed by atoms with E-state index >= 15 is 0 Å². The van der Waals surface area contributed by atoms with Gasteiger partial charge < -0.3 is 9.47 Å². The van der Waals surface area contributed by atoms with Crippen molar-refractivity contribution in [3.8, 4) is 11.5 Å². The van der Waals surface area contributed by atoms with Gasteiger partial charge in [0.25, 0.3) is 0 Å². The lowest BCUT2D eigenvalue weighted by Gasteiger charge is -2.17. The van der Waals surface area contributed by atoms with Crippen molar-refractivity contribution in [2.45, 2.75) is 11.8 Å². The molecule has 1 unspecified atom stereocenters. The minimum atomic E-state index is -0.441. The van der Waals surface area contributed by atoms with Crippen molar-refractivity contribution in [2.24, 2.45) is 0 Å². The molecule has 0 spiro atoms. The normalized spacial score (nSPS) is 14.5. The highest BCUT2D eigenvalue weighted by Crippen LogP contribution is 2.44. The van der Waals surface area contributed by atoms with E-state index in [1.807, 2.05) is 12.1 Å². The molecule has 0 bridgehead atoms. The molecule has 5 heteroatoms. The van der Waals surface area contributed by atoms with Gasteiger partial charge in [0.2, 0.25) is 0 Å². The van der Waals surface area contributed by atoms with Crippen molar-refractivity contribution in [3.63, 3.8) is 0 Å². The van der Waals surface area contributed by atoms with Crippen LogP contribution in [-0.4, -0.2) is 13.7 Å². The maximum Gasteiger partial charge on any atom is 0.127 e. The molecule has 0 fully saturated rings. The van der Waals surface area contributed by atoms with Crippen LogP contribution in [0.5, 0.6) is 11.5 Å². The first-order chi connectivity index (χ1) is 10.1. The van der Waals surface area contributed by atoms with E-state index in [-0.39, 0.29) is 0 Å². The van der Waals surface area contributed by atoms with Crippen molar-refractivity contribution in [1.29, 1.82) is 0 Å². The van der Waals surface area contributed by atoms with E-state index in [4.69, 9.17) is 44.3 Å². The van der Waals surface area contributed by atoms with E-state index in [1.54, 1.807) is 25.3 Å². The van der Waals surface area contributed by atoms with E-state index < -0.39 is 5.38 Å². The molecular weight excluding hydrogens is 331 g/mol. The monoisotopic (exact) mass is 342 g/mol. The van der Waals surface area contributed by atoms with Crippen molar-refractivity contribution < 1.29 is 9.47 Å². The summed E-state index contributed by atoms with van der Waals surface area (Å²) in [5.41, 5.74) is 2.73. The molecule has 0 amide bonds. The van der Waals surface area contributed by atoms with E-state index in [1.165, 1.54) is 0 Å². The first kappa shape index (κ1) is 14.8. The molecule has 0 radical (unpaired) electrons. The molecule has 2 aromatic carbocycles. The van der Waals surface area contributed by atoms with Crippen LogP contribution in [0.1, 0.15) is 22.1 Å². The molecule has 110 valence electrons. The predicted octanol–water partition coefficient (Wildman–Crippen LogP) is 5.27. The summed E-state index contributed by atoms with van der Waals surface area (Å²) in [4.78, 5) is 0. The first-order valence-electron chi connectivity index (χ1n) is 6.52. The van der Waals surface area contributed by atoms with Crippen LogP contribution >= 0.6 is 34.8 Å². The van der Waals surface area contributed by atoms with Crippen molar-refractivity contribution >= 4 is 34.8 Å². The Morgan fingerprint density at radius 2 is 1.86 bits per heavy atom. The fourth-order valence-corrected chi connectivity index (χ4v) is 3.32. The number of hydrogen-bond acceptors (Lipinski definition) is 2. The van der Waals surface area contributed by atoms with Crippen LogP contribution in [0.4, 0.5) is 0 Å². The number of methoxy groups -OCH3 is 1. The van der Waals surface area contributed by atoms with E-state index in [9.17, 15) is 0 Å². The smallest absolute Gasteiger partial charge is 0.127 e. The zero-order valence-corrected chi connectivity index (χ0v) is 13.6. The molecule has 0 aliphatic carbocycles. The number of halogens is 3. The number of rotatable bonds is 3. The van der Waals surface area contributed by atoms with E-state index in [2.05, 4.69) is 0 Å². The maximum absolute atomic E-state index is 6.67. The first-order valence-corrected chi connectivity index (χ1v) is 7.72. The standard InChI is InChI=1S/C16H13Cl3O2/c1-20-14-3-2-10(17)7-12(14)15(19)13-8-11(18)6-9-4-5-21-16(9)13/h2-3,6-8,15H,4-5H2,1H3. The van der Waals surface area contributed by atoms with Crippen LogP contribution in [0.3, 0.4) is 0 Å². The third-order valence-corrected chi connectivity index (χ3v) is 4.44. The zero-order chi connectivity index (χ0) is 15.0. The molecule has 2 aromatic rings. The Labute approximate surface area is 138 Å². The minimum Gasteiger partial charge on any atom is -0.496 e. The highest BCUT2D eigenvalue weighted by Gasteiger charge is 2.25. The molecule has 21 heavy (non-hydrogen) atoms. The Morgan fingerprint density at radius 1 is 1.10 bits per heavy atom. The van der Waals surface area contributed by atoms with Gasteiger partial charge in [-0.1, -0.05) is 23.2 Å². The highest BCUT2D eigenvalue weighted by atomic mass is 35.5. The zero-order valence-electron chi connectivity index (χ0n) is 11.3. The second-order valence-corrected chi connectivity index (χ2v) is 6.14. The summed E-state index contributed by atoms with van der Waals surface area (Å²) >= 11 is 18.9. The molecule has 0 aromatic heterocycles. The number of alkyl halides is 1. The highest BCUT2D eigenvalue weighted by molar-refractivity contribution is 6.31. The van der Waals surface area contributed by atoms with Gasteiger partial charge in [0.1, 0.15) is 11.5 Å². The van der Waals surface area contributed by atoms with Crippen LogP contribution in [0.25, 0.3) is 0 Å². The summed E-state index contributed by atoms with van der Waals surface area (Å²) in [7, 11) is 1.61. The van der Waals surface area contributed by atoms with E-state index in [0.29, 0.717) is 22.4 Å². The average molecular weight is 344 g/mol. The molecule has 0 N–H and O–H groups in total. The van der Waals surface area contributed by atoms with Crippen molar-refractivity contribution in [2.75, 3.05) is 13.7 Å². The molecule has 1 aliphatic rings. The summed E-state index contributed by atoms with van der Waals surface area (Å²) in [6.45, 7) is 0.652. The van der Waals surface area contributed by atoms with Gasteiger partial charge in [-0.05, 0) is 35.9 Å². The lowest BCUT2D eigenvalue weighted by molar-refractivity contribution is 0.353. The molecule has 0 saturated carbocycles. The average Bonchev–Trinajstić information content (AvgIpc) is 2.93. The fourth-order valence-electron chi connectivity index (χ4n) is 2.56. The van der Waals surface area contributed by atoms with Gasteiger partial charge in [0.15, 0.2) is 0 Å². The summed E-state index contributed by atoms with van der Waals surface area (Å²) in [6.07, 6.45) is 0.846. The van der Waals surface area contributed by atoms with Crippen LogP contribution in [0.15, 0.2) is 30.3 Å². The third-order valence-electron chi connectivity index (χ3n) is 3.51. The fraction of sp³-hybridized carbons (Fsp3) is 0.250. The van der Waals surface area contributed by atoms with Gasteiger partial charge in [-0.25, -0.2) is 0 Å². The van der Waals surface area contributed by atoms with Gasteiger partial charge in [-0.2, -0.15) is 0 Å². The van der Waals surface area contributed by atoms with Crippen molar-refractivity contribution in [3.05, 3.63) is 57.1 Å². The van der Waals surface area contributed by atoms with Gasteiger partial charge in [-0.15, -0.1) is 11.6 Å². The summed E-state index contributed by atoms with van der Waals surface area (Å²) in [5, 5.41) is 0.820. The number of benzene rings is 2. The van der Waals surface area contributed by atoms with Crippen molar-refractivity contribution in [1.82, 2.24) is 0 Å². The lowest BCUT2D eigenvalue weighted by atomic mass is 10.00. The van der Waals surface area contributed by atoms with Crippen LogP contribution in [0, 0.1) is 0 Å². The third kappa shape index (κ3) is 2.80. The molecule has 1 aliphatic heterocycles. The molecule has 2 nitrogen and oxygen atoms in total. The van der Waals surface area contributed by atoms with Crippen LogP contribution < -0.4 is 9.47 Å². The number of ether oxygens (including phenoxy) is 2. The Balaban J connectivity index is 2.11. The lowest BCUT2D eigenvalue weighted by Crippen LogP contribution is -2.00. The Hall–Kier alpha value is -1.09.